The highest BCUT2D eigenvalue weighted by atomic mass is 127. The Hall–Kier alpha value is -1.75. The van der Waals surface area contributed by atoms with E-state index in [-0.39, 0.29) is 4.17 Å². The minimum absolute atomic E-state index is 0.287. The van der Waals surface area contributed by atoms with Crippen molar-refractivity contribution in [3.05, 3.63) is 66.2 Å². The molecule has 22 heavy (non-hydrogen) atoms. The maximum absolute atomic E-state index is 2.51. The Balaban J connectivity index is 1.93. The predicted octanol–water partition coefficient (Wildman–Crippen LogP) is 5.45. The molecule has 0 amide bonds. The van der Waals surface area contributed by atoms with Crippen molar-refractivity contribution in [3.63, 3.8) is 0 Å². The molecule has 0 spiro atoms. The van der Waals surface area contributed by atoms with Crippen LogP contribution in [-0.2, 0) is 0 Å². The lowest BCUT2D eigenvalue weighted by Crippen LogP contribution is -2.33. The van der Waals surface area contributed by atoms with Crippen LogP contribution in [0, 0.1) is 6.92 Å². The lowest BCUT2D eigenvalue weighted by atomic mass is 10.0. The quantitative estimate of drug-likeness (QED) is 0.304. The maximum Gasteiger partial charge on any atom is 0.159 e. The van der Waals surface area contributed by atoms with Gasteiger partial charge in [0.15, 0.2) is 4.17 Å². The van der Waals surface area contributed by atoms with Crippen LogP contribution in [0.5, 0.6) is 0 Å². The Labute approximate surface area is 144 Å². The molecule has 2 nitrogen and oxygen atoms in total. The average Bonchev–Trinajstić information content (AvgIpc) is 2.79. The molecule has 1 heterocycles. The van der Waals surface area contributed by atoms with Gasteiger partial charge in [-0.1, -0.05) is 36.4 Å². The molecule has 110 valence electrons. The van der Waals surface area contributed by atoms with Crippen LogP contribution in [0.15, 0.2) is 60.7 Å². The van der Waals surface area contributed by atoms with Gasteiger partial charge in [0.25, 0.3) is 0 Å². The fourth-order valence-corrected chi connectivity index (χ4v) is 4.12. The molecule has 3 aromatic carbocycles. The molecule has 1 unspecified atom stereocenters. The Morgan fingerprint density at radius 1 is 0.818 bits per heavy atom. The number of hydrogen-bond acceptors (Lipinski definition) is 2. The van der Waals surface area contributed by atoms with E-state index >= 15 is 0 Å². The van der Waals surface area contributed by atoms with Gasteiger partial charge in [0.05, 0.1) is 11.4 Å². The van der Waals surface area contributed by atoms with Crippen molar-refractivity contribution in [3.8, 4) is 0 Å². The van der Waals surface area contributed by atoms with E-state index in [1.165, 1.54) is 33.4 Å². The third kappa shape index (κ3) is 1.99. The summed E-state index contributed by atoms with van der Waals surface area (Å²) in [5.41, 5.74) is 5.16. The molecule has 0 aliphatic carbocycles. The Morgan fingerprint density at radius 3 is 2.14 bits per heavy atom. The molecular weight excluding hydrogens is 383 g/mol. The van der Waals surface area contributed by atoms with Crippen molar-refractivity contribution < 1.29 is 0 Å². The summed E-state index contributed by atoms with van der Waals surface area (Å²) in [6.45, 7) is 2.20. The normalized spacial score (nSPS) is 17.1. The van der Waals surface area contributed by atoms with Gasteiger partial charge in [-0.15, -0.1) is 0 Å². The first-order valence-electron chi connectivity index (χ1n) is 7.41. The topological polar surface area (TPSA) is 6.48 Å². The number of anilines is 3. The van der Waals surface area contributed by atoms with Crippen molar-refractivity contribution in [1.82, 2.24) is 0 Å². The van der Waals surface area contributed by atoms with Gasteiger partial charge < -0.3 is 9.80 Å². The van der Waals surface area contributed by atoms with Crippen molar-refractivity contribution in [2.45, 2.75) is 11.1 Å². The van der Waals surface area contributed by atoms with Crippen LogP contribution < -0.4 is 9.80 Å². The largest absolute Gasteiger partial charge is 0.344 e. The van der Waals surface area contributed by atoms with Gasteiger partial charge in [0, 0.05) is 12.7 Å². The highest BCUT2D eigenvalue weighted by Crippen LogP contribution is 2.46. The monoisotopic (exact) mass is 400 g/mol. The van der Waals surface area contributed by atoms with E-state index in [1.54, 1.807) is 0 Å². The second-order valence-corrected chi connectivity index (χ2v) is 6.88. The van der Waals surface area contributed by atoms with E-state index in [4.69, 9.17) is 0 Å². The third-order valence-corrected chi connectivity index (χ3v) is 5.77. The fourth-order valence-electron chi connectivity index (χ4n) is 3.22. The molecule has 0 radical (unpaired) electrons. The van der Waals surface area contributed by atoms with Gasteiger partial charge in [-0.2, -0.15) is 0 Å². The average molecular weight is 400 g/mol. The third-order valence-electron chi connectivity index (χ3n) is 4.38. The number of benzene rings is 3. The van der Waals surface area contributed by atoms with E-state index in [0.717, 1.165) is 0 Å². The number of aryl methyl sites for hydroxylation is 1. The van der Waals surface area contributed by atoms with E-state index in [9.17, 15) is 0 Å². The SMILES string of the molecule is Cc1cc2ccccc2cc1N1c2ccccc2N(C)C1I. The van der Waals surface area contributed by atoms with E-state index in [2.05, 4.69) is 107 Å². The van der Waals surface area contributed by atoms with Gasteiger partial charge in [0.1, 0.15) is 0 Å². The molecule has 1 aliphatic heterocycles. The zero-order chi connectivity index (χ0) is 15.3. The Morgan fingerprint density at radius 2 is 1.41 bits per heavy atom. The predicted molar refractivity (Wildman–Crippen MR) is 103 cm³/mol. The van der Waals surface area contributed by atoms with Crippen molar-refractivity contribution in [2.75, 3.05) is 16.8 Å². The first-order chi connectivity index (χ1) is 10.7. The number of para-hydroxylation sites is 2. The fraction of sp³-hybridized carbons (Fsp3) is 0.158. The number of halogens is 1. The van der Waals surface area contributed by atoms with Crippen LogP contribution in [0.1, 0.15) is 5.56 Å². The molecule has 0 saturated carbocycles. The first kappa shape index (κ1) is 13.9. The highest BCUT2D eigenvalue weighted by molar-refractivity contribution is 14.1. The summed E-state index contributed by atoms with van der Waals surface area (Å²) in [6.07, 6.45) is 0. The van der Waals surface area contributed by atoms with Crippen molar-refractivity contribution >= 4 is 50.4 Å². The summed E-state index contributed by atoms with van der Waals surface area (Å²) in [5, 5.41) is 2.59. The Kier molecular flexibility index (Phi) is 3.26. The maximum atomic E-state index is 2.51. The van der Waals surface area contributed by atoms with Crippen LogP contribution in [0.25, 0.3) is 10.8 Å². The van der Waals surface area contributed by atoms with Crippen LogP contribution in [0.3, 0.4) is 0 Å². The van der Waals surface area contributed by atoms with Gasteiger partial charge >= 0.3 is 0 Å². The lowest BCUT2D eigenvalue weighted by Gasteiger charge is -2.28. The molecule has 3 heteroatoms. The van der Waals surface area contributed by atoms with Crippen molar-refractivity contribution in [2.24, 2.45) is 0 Å². The summed E-state index contributed by atoms with van der Waals surface area (Å²) >= 11 is 2.51. The zero-order valence-electron chi connectivity index (χ0n) is 12.6. The molecule has 0 fully saturated rings. The minimum Gasteiger partial charge on any atom is -0.344 e. The summed E-state index contributed by atoms with van der Waals surface area (Å²) < 4.78 is 0.287. The van der Waals surface area contributed by atoms with Crippen LogP contribution in [-0.4, -0.2) is 11.2 Å². The summed E-state index contributed by atoms with van der Waals surface area (Å²) in [5.74, 6) is 0. The summed E-state index contributed by atoms with van der Waals surface area (Å²) in [6, 6.07) is 21.8. The molecule has 1 aliphatic rings. The molecule has 4 rings (SSSR count). The van der Waals surface area contributed by atoms with Gasteiger partial charge in [0.2, 0.25) is 0 Å². The van der Waals surface area contributed by atoms with E-state index < -0.39 is 0 Å². The molecule has 1 atom stereocenters. The number of hydrogen-bond donors (Lipinski definition) is 0. The number of rotatable bonds is 1. The second-order valence-electron chi connectivity index (χ2n) is 5.77. The molecule has 0 saturated heterocycles. The summed E-state index contributed by atoms with van der Waals surface area (Å²) in [4.78, 5) is 4.75. The minimum atomic E-state index is 0.287. The van der Waals surface area contributed by atoms with Crippen LogP contribution in [0.2, 0.25) is 0 Å². The van der Waals surface area contributed by atoms with Crippen molar-refractivity contribution in [1.29, 1.82) is 0 Å². The second kappa shape index (κ2) is 5.16. The number of fused-ring (bicyclic) bond motifs is 2. The van der Waals surface area contributed by atoms with Crippen LogP contribution >= 0.6 is 22.6 Å². The summed E-state index contributed by atoms with van der Waals surface area (Å²) in [7, 11) is 2.16. The van der Waals surface area contributed by atoms with Crippen LogP contribution in [0.4, 0.5) is 17.1 Å². The Bertz CT molecular complexity index is 859. The number of alkyl halides is 1. The smallest absolute Gasteiger partial charge is 0.159 e. The van der Waals surface area contributed by atoms with Gasteiger partial charge in [-0.25, -0.2) is 0 Å². The lowest BCUT2D eigenvalue weighted by molar-refractivity contribution is 0.916. The van der Waals surface area contributed by atoms with Gasteiger partial charge in [-0.3, -0.25) is 0 Å². The standard InChI is InChI=1S/C19H17IN2/c1-13-11-14-7-3-4-8-15(14)12-18(13)22-17-10-6-5-9-16(17)21(2)19(22)20/h3-12,19H,1-2H3. The molecule has 0 bridgehead atoms. The van der Waals surface area contributed by atoms with E-state index in [0.29, 0.717) is 0 Å². The molecular formula is C19H17IN2. The first-order valence-corrected chi connectivity index (χ1v) is 8.66. The van der Waals surface area contributed by atoms with Gasteiger partial charge in [-0.05, 0) is 70.1 Å². The highest BCUT2D eigenvalue weighted by Gasteiger charge is 2.33. The number of nitrogens with zero attached hydrogens (tertiary/aromatic N) is 2. The molecule has 0 N–H and O–H groups in total. The zero-order valence-corrected chi connectivity index (χ0v) is 14.8. The molecule has 3 aromatic rings. The van der Waals surface area contributed by atoms with E-state index in [1.807, 2.05) is 0 Å². The molecule has 0 aromatic heterocycles.